The summed E-state index contributed by atoms with van der Waals surface area (Å²) in [5, 5.41) is 2.82. The largest absolute Gasteiger partial charge is 0.497 e. The summed E-state index contributed by atoms with van der Waals surface area (Å²) in [5.74, 6) is 0.931. The Kier molecular flexibility index (Phi) is 7.05. The van der Waals surface area contributed by atoms with Crippen LogP contribution in [0.1, 0.15) is 24.2 Å². The molecule has 1 amide bonds. The van der Waals surface area contributed by atoms with Crippen LogP contribution in [0.5, 0.6) is 11.5 Å². The van der Waals surface area contributed by atoms with Crippen molar-refractivity contribution in [2.45, 2.75) is 24.8 Å². The van der Waals surface area contributed by atoms with E-state index in [1.54, 1.807) is 54.6 Å². The smallest absolute Gasteiger partial charge is 0.264 e. The van der Waals surface area contributed by atoms with Crippen molar-refractivity contribution in [3.63, 3.8) is 0 Å². The highest BCUT2D eigenvalue weighted by Crippen LogP contribution is 2.25. The molecule has 0 saturated heterocycles. The van der Waals surface area contributed by atoms with Gasteiger partial charge in [-0.05, 0) is 74.5 Å². The first-order valence-corrected chi connectivity index (χ1v) is 11.5. The highest BCUT2D eigenvalue weighted by molar-refractivity contribution is 7.92. The molecule has 0 saturated carbocycles. The molecule has 0 atom stereocenters. The van der Waals surface area contributed by atoms with E-state index in [1.807, 2.05) is 19.9 Å². The molecule has 0 aromatic heterocycles. The van der Waals surface area contributed by atoms with E-state index in [1.165, 1.54) is 30.6 Å². The minimum absolute atomic E-state index is 0.0275. The van der Waals surface area contributed by atoms with Gasteiger partial charge in [-0.15, -0.1) is 0 Å². The molecule has 0 aliphatic heterocycles. The lowest BCUT2D eigenvalue weighted by molar-refractivity contribution is 0.102. The number of rotatable bonds is 8. The van der Waals surface area contributed by atoms with Gasteiger partial charge < -0.3 is 14.8 Å². The zero-order valence-electron chi connectivity index (χ0n) is 18.4. The van der Waals surface area contributed by atoms with Crippen molar-refractivity contribution in [2.24, 2.45) is 0 Å². The van der Waals surface area contributed by atoms with Crippen LogP contribution < -0.4 is 19.1 Å². The molecule has 0 spiro atoms. The summed E-state index contributed by atoms with van der Waals surface area (Å²) >= 11 is 0. The number of nitrogens with zero attached hydrogens (tertiary/aromatic N) is 1. The summed E-state index contributed by atoms with van der Waals surface area (Å²) in [6, 6.07) is 19.7. The number of benzene rings is 3. The van der Waals surface area contributed by atoms with Crippen LogP contribution in [-0.4, -0.2) is 34.6 Å². The van der Waals surface area contributed by atoms with Gasteiger partial charge in [-0.2, -0.15) is 0 Å². The molecule has 32 heavy (non-hydrogen) atoms. The van der Waals surface area contributed by atoms with Gasteiger partial charge in [-0.3, -0.25) is 9.10 Å². The highest BCUT2D eigenvalue weighted by atomic mass is 32.2. The van der Waals surface area contributed by atoms with Crippen LogP contribution in [-0.2, 0) is 10.0 Å². The Labute approximate surface area is 188 Å². The molecule has 3 rings (SSSR count). The van der Waals surface area contributed by atoms with Gasteiger partial charge in [-0.1, -0.05) is 6.07 Å². The summed E-state index contributed by atoms with van der Waals surface area (Å²) in [7, 11) is -0.766. The number of carbonyl (C=O) groups is 1. The number of carbonyl (C=O) groups excluding carboxylic acids is 1. The number of amides is 1. The standard InChI is InChI=1S/C24H26N2O5S/c1-17(2)31-22-7-5-6-19(16-22)25-24(27)18-8-10-20(11-9-18)26(3)32(28,29)23-14-12-21(30-4)13-15-23/h5-17H,1-4H3,(H,25,27). The topological polar surface area (TPSA) is 84.9 Å². The Bertz CT molecular complexity index is 1170. The summed E-state index contributed by atoms with van der Waals surface area (Å²) < 4.78 is 37.7. The Morgan fingerprint density at radius 1 is 0.938 bits per heavy atom. The third-order valence-corrected chi connectivity index (χ3v) is 6.47. The molecule has 0 aliphatic rings. The molecule has 3 aromatic rings. The Morgan fingerprint density at radius 2 is 1.59 bits per heavy atom. The fraction of sp³-hybridized carbons (Fsp3) is 0.208. The van der Waals surface area contributed by atoms with Gasteiger partial charge in [-0.25, -0.2) is 8.42 Å². The van der Waals surface area contributed by atoms with Crippen LogP contribution in [0.3, 0.4) is 0 Å². The summed E-state index contributed by atoms with van der Waals surface area (Å²) in [6.45, 7) is 3.86. The lowest BCUT2D eigenvalue weighted by Gasteiger charge is -2.20. The number of ether oxygens (including phenoxy) is 2. The molecule has 0 bridgehead atoms. The maximum absolute atomic E-state index is 12.9. The highest BCUT2D eigenvalue weighted by Gasteiger charge is 2.21. The quantitative estimate of drug-likeness (QED) is 0.539. The second kappa shape index (κ2) is 9.74. The van der Waals surface area contributed by atoms with Gasteiger partial charge in [0.1, 0.15) is 11.5 Å². The molecule has 8 heteroatoms. The van der Waals surface area contributed by atoms with Crippen LogP contribution in [0.25, 0.3) is 0 Å². The fourth-order valence-electron chi connectivity index (χ4n) is 2.99. The first-order valence-electron chi connectivity index (χ1n) is 10.0. The molecule has 0 radical (unpaired) electrons. The number of sulfonamides is 1. The van der Waals surface area contributed by atoms with E-state index < -0.39 is 10.0 Å². The molecule has 3 aromatic carbocycles. The average molecular weight is 455 g/mol. The second-order valence-corrected chi connectivity index (χ2v) is 9.31. The monoisotopic (exact) mass is 454 g/mol. The minimum atomic E-state index is -3.75. The van der Waals surface area contributed by atoms with Crippen LogP contribution in [0.15, 0.2) is 77.7 Å². The number of hydrogen-bond acceptors (Lipinski definition) is 5. The van der Waals surface area contributed by atoms with Gasteiger partial charge >= 0.3 is 0 Å². The van der Waals surface area contributed by atoms with Crippen LogP contribution >= 0.6 is 0 Å². The zero-order chi connectivity index (χ0) is 23.3. The summed E-state index contributed by atoms with van der Waals surface area (Å²) in [5.41, 5.74) is 1.44. The summed E-state index contributed by atoms with van der Waals surface area (Å²) in [6.07, 6.45) is 0.0275. The molecule has 0 unspecified atom stereocenters. The Balaban J connectivity index is 1.73. The molecule has 168 valence electrons. The van der Waals surface area contributed by atoms with E-state index in [4.69, 9.17) is 9.47 Å². The van der Waals surface area contributed by atoms with E-state index >= 15 is 0 Å². The van der Waals surface area contributed by atoms with Crippen molar-refractivity contribution in [3.05, 3.63) is 78.4 Å². The van der Waals surface area contributed by atoms with E-state index in [0.29, 0.717) is 28.4 Å². The lowest BCUT2D eigenvalue weighted by atomic mass is 10.2. The zero-order valence-corrected chi connectivity index (χ0v) is 19.2. The first-order chi connectivity index (χ1) is 15.2. The van der Waals surface area contributed by atoms with Gasteiger partial charge in [0.15, 0.2) is 0 Å². The van der Waals surface area contributed by atoms with E-state index in [2.05, 4.69) is 5.32 Å². The van der Waals surface area contributed by atoms with Crippen molar-refractivity contribution < 1.29 is 22.7 Å². The van der Waals surface area contributed by atoms with Crippen molar-refractivity contribution in [1.82, 2.24) is 0 Å². The lowest BCUT2D eigenvalue weighted by Crippen LogP contribution is -2.26. The van der Waals surface area contributed by atoms with Gasteiger partial charge in [0.05, 0.1) is 23.8 Å². The predicted octanol–water partition coefficient (Wildman–Crippen LogP) is 4.56. The molecule has 7 nitrogen and oxygen atoms in total. The van der Waals surface area contributed by atoms with Crippen LogP contribution in [0.4, 0.5) is 11.4 Å². The van der Waals surface area contributed by atoms with E-state index in [9.17, 15) is 13.2 Å². The Hall–Kier alpha value is -3.52. The molecule has 0 fully saturated rings. The number of methoxy groups -OCH3 is 1. The molecular weight excluding hydrogens is 428 g/mol. The first kappa shape index (κ1) is 23.1. The van der Waals surface area contributed by atoms with Crippen molar-refractivity contribution in [3.8, 4) is 11.5 Å². The van der Waals surface area contributed by atoms with Crippen molar-refractivity contribution in [1.29, 1.82) is 0 Å². The second-order valence-electron chi connectivity index (χ2n) is 7.34. The Morgan fingerprint density at radius 3 is 2.19 bits per heavy atom. The maximum Gasteiger partial charge on any atom is 0.264 e. The van der Waals surface area contributed by atoms with E-state index in [-0.39, 0.29) is 16.9 Å². The maximum atomic E-state index is 12.9. The molecule has 0 aliphatic carbocycles. The molecule has 1 N–H and O–H groups in total. The number of hydrogen-bond donors (Lipinski definition) is 1. The number of anilines is 2. The third kappa shape index (κ3) is 5.39. The van der Waals surface area contributed by atoms with Gasteiger partial charge in [0.2, 0.25) is 0 Å². The van der Waals surface area contributed by atoms with Crippen molar-refractivity contribution in [2.75, 3.05) is 23.8 Å². The van der Waals surface area contributed by atoms with Gasteiger partial charge in [0.25, 0.3) is 15.9 Å². The molecular formula is C24H26N2O5S. The summed E-state index contributed by atoms with van der Waals surface area (Å²) in [4.78, 5) is 12.8. The molecule has 0 heterocycles. The predicted molar refractivity (Wildman–Crippen MR) is 125 cm³/mol. The minimum Gasteiger partial charge on any atom is -0.497 e. The van der Waals surface area contributed by atoms with E-state index in [0.717, 1.165) is 0 Å². The average Bonchev–Trinajstić information content (AvgIpc) is 2.78. The van der Waals surface area contributed by atoms with Crippen LogP contribution in [0, 0.1) is 0 Å². The normalized spacial score (nSPS) is 11.2. The fourth-order valence-corrected chi connectivity index (χ4v) is 4.19. The van der Waals surface area contributed by atoms with Crippen LogP contribution in [0.2, 0.25) is 0 Å². The van der Waals surface area contributed by atoms with Gasteiger partial charge in [0, 0.05) is 24.4 Å². The van der Waals surface area contributed by atoms with Crippen molar-refractivity contribution >= 4 is 27.3 Å². The third-order valence-electron chi connectivity index (χ3n) is 4.67. The SMILES string of the molecule is COc1ccc(S(=O)(=O)N(C)c2ccc(C(=O)Nc3cccc(OC(C)C)c3)cc2)cc1. The number of nitrogens with one attached hydrogen (secondary N) is 1.